The van der Waals surface area contributed by atoms with Crippen LogP contribution in [0.5, 0.6) is 0 Å². The Kier molecular flexibility index (Phi) is 4.73. The Bertz CT molecular complexity index is 484. The zero-order valence-corrected chi connectivity index (χ0v) is 11.1. The van der Waals surface area contributed by atoms with Crippen LogP contribution < -0.4 is 0 Å². The minimum Gasteiger partial charge on any atom is -0.392 e. The SMILES string of the molecule is C=C(Cl)/N=C(\C(C)=CC)n1cc(C)c(CO)c1. The van der Waals surface area contributed by atoms with Gasteiger partial charge in [0.15, 0.2) is 0 Å². The summed E-state index contributed by atoms with van der Waals surface area (Å²) in [6.07, 6.45) is 5.71. The molecule has 0 fully saturated rings. The van der Waals surface area contributed by atoms with Crippen LogP contribution in [0.1, 0.15) is 25.0 Å². The molecule has 1 rings (SSSR count). The van der Waals surface area contributed by atoms with Crippen LogP contribution in [-0.4, -0.2) is 15.5 Å². The van der Waals surface area contributed by atoms with E-state index in [4.69, 9.17) is 11.6 Å². The molecule has 0 amide bonds. The molecule has 92 valence electrons. The summed E-state index contributed by atoms with van der Waals surface area (Å²) in [6, 6.07) is 0. The lowest BCUT2D eigenvalue weighted by molar-refractivity contribution is 0.281. The summed E-state index contributed by atoms with van der Waals surface area (Å²) in [5.41, 5.74) is 2.89. The van der Waals surface area contributed by atoms with Crippen LogP contribution in [0.4, 0.5) is 0 Å². The molecule has 0 unspecified atom stereocenters. The normalized spacial score (nSPS) is 13.0. The van der Waals surface area contributed by atoms with Crippen molar-refractivity contribution in [2.24, 2.45) is 4.99 Å². The molecule has 1 aromatic rings. The van der Waals surface area contributed by atoms with E-state index in [0.29, 0.717) is 0 Å². The highest BCUT2D eigenvalue weighted by molar-refractivity contribution is 6.30. The molecule has 0 saturated heterocycles. The van der Waals surface area contributed by atoms with E-state index in [2.05, 4.69) is 11.6 Å². The largest absolute Gasteiger partial charge is 0.392 e. The van der Waals surface area contributed by atoms with E-state index in [0.717, 1.165) is 22.5 Å². The molecule has 1 heterocycles. The molecule has 17 heavy (non-hydrogen) atoms. The molecule has 0 aromatic carbocycles. The lowest BCUT2D eigenvalue weighted by Crippen LogP contribution is -2.11. The number of nitrogens with zero attached hydrogens (tertiary/aromatic N) is 2. The van der Waals surface area contributed by atoms with E-state index in [1.807, 2.05) is 43.8 Å². The zero-order valence-electron chi connectivity index (χ0n) is 10.4. The van der Waals surface area contributed by atoms with Gasteiger partial charge < -0.3 is 9.67 Å². The van der Waals surface area contributed by atoms with Crippen molar-refractivity contribution in [1.82, 2.24) is 4.57 Å². The molecule has 0 aliphatic carbocycles. The van der Waals surface area contributed by atoms with E-state index >= 15 is 0 Å². The highest BCUT2D eigenvalue weighted by Crippen LogP contribution is 2.14. The van der Waals surface area contributed by atoms with E-state index < -0.39 is 0 Å². The Morgan fingerprint density at radius 1 is 1.59 bits per heavy atom. The molecular weight excluding hydrogens is 236 g/mol. The van der Waals surface area contributed by atoms with E-state index in [-0.39, 0.29) is 11.8 Å². The summed E-state index contributed by atoms with van der Waals surface area (Å²) in [5, 5.41) is 9.41. The Balaban J connectivity index is 3.27. The topological polar surface area (TPSA) is 37.5 Å². The zero-order chi connectivity index (χ0) is 13.0. The highest BCUT2D eigenvalue weighted by atomic mass is 35.5. The number of aryl methyl sites for hydroxylation is 1. The second-order valence-electron chi connectivity index (χ2n) is 3.82. The molecule has 0 spiro atoms. The van der Waals surface area contributed by atoms with Gasteiger partial charge in [0.25, 0.3) is 0 Å². The molecule has 1 N–H and O–H groups in total. The Labute approximate surface area is 107 Å². The molecule has 0 aliphatic rings. The summed E-state index contributed by atoms with van der Waals surface area (Å²) in [4.78, 5) is 4.21. The quantitative estimate of drug-likeness (QED) is 0.501. The van der Waals surface area contributed by atoms with Crippen LogP contribution in [0.25, 0.3) is 0 Å². The fourth-order valence-electron chi connectivity index (χ4n) is 1.48. The van der Waals surface area contributed by atoms with Crippen LogP contribution in [0.3, 0.4) is 0 Å². The maximum absolute atomic E-state index is 9.18. The monoisotopic (exact) mass is 252 g/mol. The van der Waals surface area contributed by atoms with Gasteiger partial charge in [0.1, 0.15) is 11.0 Å². The first-order valence-electron chi connectivity index (χ1n) is 5.34. The average molecular weight is 253 g/mol. The maximum Gasteiger partial charge on any atom is 0.140 e. The first kappa shape index (κ1) is 13.7. The van der Waals surface area contributed by atoms with Gasteiger partial charge in [-0.3, -0.25) is 0 Å². The summed E-state index contributed by atoms with van der Waals surface area (Å²) in [7, 11) is 0. The number of aliphatic hydroxyl groups excluding tert-OH is 1. The number of allylic oxidation sites excluding steroid dienone is 2. The van der Waals surface area contributed by atoms with Gasteiger partial charge >= 0.3 is 0 Å². The standard InChI is InChI=1S/C13H17ClN2O/c1-5-9(2)13(15-11(4)14)16-6-10(3)12(7-16)8-17/h5-7,17H,4,8H2,1-3H3/b9-5?,15-13+. The third kappa shape index (κ3) is 3.32. The van der Waals surface area contributed by atoms with Gasteiger partial charge in [-0.25, -0.2) is 4.99 Å². The van der Waals surface area contributed by atoms with Crippen LogP contribution in [-0.2, 0) is 6.61 Å². The fraction of sp³-hybridized carbons (Fsp3) is 0.308. The van der Waals surface area contributed by atoms with Gasteiger partial charge in [-0.2, -0.15) is 0 Å². The predicted molar refractivity (Wildman–Crippen MR) is 72.3 cm³/mol. The number of aliphatic imine (C=N–C) groups is 1. The smallest absolute Gasteiger partial charge is 0.140 e. The predicted octanol–water partition coefficient (Wildman–Crippen LogP) is 3.21. The first-order chi connectivity index (χ1) is 7.99. The highest BCUT2D eigenvalue weighted by Gasteiger charge is 2.08. The number of hydrogen-bond acceptors (Lipinski definition) is 2. The van der Waals surface area contributed by atoms with Crippen LogP contribution >= 0.6 is 11.6 Å². The molecule has 3 nitrogen and oxygen atoms in total. The van der Waals surface area contributed by atoms with Crippen molar-refractivity contribution in [3.63, 3.8) is 0 Å². The molecular formula is C13H17ClN2O. The number of aromatic nitrogens is 1. The van der Waals surface area contributed by atoms with Crippen molar-refractivity contribution in [3.8, 4) is 0 Å². The van der Waals surface area contributed by atoms with Gasteiger partial charge in [0.05, 0.1) is 6.61 Å². The van der Waals surface area contributed by atoms with Crippen molar-refractivity contribution in [3.05, 3.63) is 46.9 Å². The first-order valence-corrected chi connectivity index (χ1v) is 5.72. The molecule has 1 aromatic heterocycles. The Hall–Kier alpha value is -1.32. The van der Waals surface area contributed by atoms with Crippen molar-refractivity contribution >= 4 is 17.4 Å². The number of hydrogen-bond donors (Lipinski definition) is 1. The molecule has 0 aliphatic heterocycles. The summed E-state index contributed by atoms with van der Waals surface area (Å²) in [5.74, 6) is 0.718. The van der Waals surface area contributed by atoms with Gasteiger partial charge in [0, 0.05) is 12.4 Å². The van der Waals surface area contributed by atoms with E-state index in [1.165, 1.54) is 0 Å². The third-order valence-corrected chi connectivity index (χ3v) is 2.65. The summed E-state index contributed by atoms with van der Waals surface area (Å²) in [6.45, 7) is 9.42. The Morgan fingerprint density at radius 3 is 2.65 bits per heavy atom. The van der Waals surface area contributed by atoms with Gasteiger partial charge in [-0.1, -0.05) is 24.3 Å². The fourth-order valence-corrected chi connectivity index (χ4v) is 1.56. The average Bonchev–Trinajstić information content (AvgIpc) is 2.66. The second-order valence-corrected chi connectivity index (χ2v) is 4.25. The lowest BCUT2D eigenvalue weighted by atomic mass is 10.2. The molecule has 0 radical (unpaired) electrons. The number of aliphatic hydroxyl groups is 1. The lowest BCUT2D eigenvalue weighted by Gasteiger charge is -2.07. The molecule has 0 bridgehead atoms. The third-order valence-electron chi connectivity index (χ3n) is 2.56. The molecule has 4 heteroatoms. The van der Waals surface area contributed by atoms with Crippen LogP contribution in [0.2, 0.25) is 0 Å². The van der Waals surface area contributed by atoms with Gasteiger partial charge in [-0.05, 0) is 37.5 Å². The van der Waals surface area contributed by atoms with Crippen LogP contribution in [0.15, 0.2) is 40.8 Å². The summed E-state index contributed by atoms with van der Waals surface area (Å²) >= 11 is 5.73. The van der Waals surface area contributed by atoms with Crippen molar-refractivity contribution in [1.29, 1.82) is 0 Å². The van der Waals surface area contributed by atoms with Crippen molar-refractivity contribution in [2.75, 3.05) is 0 Å². The summed E-state index contributed by atoms with van der Waals surface area (Å²) < 4.78 is 1.85. The number of halogens is 1. The minimum atomic E-state index is 0.0167. The molecule has 0 saturated carbocycles. The van der Waals surface area contributed by atoms with Crippen molar-refractivity contribution < 1.29 is 5.11 Å². The maximum atomic E-state index is 9.18. The van der Waals surface area contributed by atoms with Crippen LogP contribution in [0, 0.1) is 6.92 Å². The van der Waals surface area contributed by atoms with Crippen molar-refractivity contribution in [2.45, 2.75) is 27.4 Å². The van der Waals surface area contributed by atoms with Gasteiger partial charge in [0.2, 0.25) is 0 Å². The second kappa shape index (κ2) is 5.84. The van der Waals surface area contributed by atoms with E-state index in [9.17, 15) is 5.11 Å². The van der Waals surface area contributed by atoms with E-state index in [1.54, 1.807) is 0 Å². The number of rotatable bonds is 3. The van der Waals surface area contributed by atoms with Gasteiger partial charge in [-0.15, -0.1) is 0 Å². The Morgan fingerprint density at radius 2 is 2.24 bits per heavy atom. The minimum absolute atomic E-state index is 0.0167. The molecule has 0 atom stereocenters.